The van der Waals surface area contributed by atoms with Crippen LogP contribution in [-0.2, 0) is 9.59 Å². The lowest BCUT2D eigenvalue weighted by Crippen LogP contribution is -2.34. The normalized spacial score (nSPS) is 17.9. The summed E-state index contributed by atoms with van der Waals surface area (Å²) in [7, 11) is 0. The van der Waals surface area contributed by atoms with E-state index >= 15 is 0 Å². The Balaban J connectivity index is 1.82. The van der Waals surface area contributed by atoms with E-state index in [1.165, 1.54) is 4.90 Å². The van der Waals surface area contributed by atoms with Crippen molar-refractivity contribution in [2.24, 2.45) is 0 Å². The van der Waals surface area contributed by atoms with Crippen LogP contribution in [0.3, 0.4) is 0 Å². The number of para-hydroxylation sites is 1. The number of hydrogen-bond donors (Lipinski definition) is 1. The monoisotopic (exact) mass is 422 g/mol. The van der Waals surface area contributed by atoms with Crippen molar-refractivity contribution in [1.82, 2.24) is 0 Å². The Kier molecular flexibility index (Phi) is 4.31. The first-order chi connectivity index (χ1) is 10.6. The average molecular weight is 424 g/mol. The van der Waals surface area contributed by atoms with Crippen LogP contribution in [0, 0.1) is 0 Å². The standard InChI is InChI=1S/C16H12Br2N2O2/c17-10-5-7-11(8-6-10)20-15(21)9-14(16(20)22)19-13-4-2-1-3-12(13)18/h1-8,14,19H,9H2/t14-/m1/s1. The van der Waals surface area contributed by atoms with Crippen LogP contribution in [0.1, 0.15) is 6.42 Å². The number of nitrogens with zero attached hydrogens (tertiary/aromatic N) is 1. The van der Waals surface area contributed by atoms with Crippen molar-refractivity contribution >= 4 is 55.0 Å². The van der Waals surface area contributed by atoms with Crippen molar-refractivity contribution in [2.45, 2.75) is 12.5 Å². The molecular weight excluding hydrogens is 412 g/mol. The first-order valence-electron chi connectivity index (χ1n) is 6.69. The summed E-state index contributed by atoms with van der Waals surface area (Å²) >= 11 is 6.77. The maximum absolute atomic E-state index is 12.5. The summed E-state index contributed by atoms with van der Waals surface area (Å²) in [5.41, 5.74) is 1.39. The largest absolute Gasteiger partial charge is 0.372 e. The third-order valence-corrected chi connectivity index (χ3v) is 4.66. The highest BCUT2D eigenvalue weighted by Crippen LogP contribution is 2.28. The van der Waals surface area contributed by atoms with Crippen LogP contribution >= 0.6 is 31.9 Å². The Labute approximate surface area is 144 Å². The molecule has 0 radical (unpaired) electrons. The number of nitrogens with one attached hydrogen (secondary N) is 1. The Hall–Kier alpha value is -1.66. The van der Waals surface area contributed by atoms with Gasteiger partial charge in [-0.25, -0.2) is 4.90 Å². The predicted octanol–water partition coefficient (Wildman–Crippen LogP) is 3.96. The number of imide groups is 1. The minimum atomic E-state index is -0.546. The molecule has 2 aromatic carbocycles. The lowest BCUT2D eigenvalue weighted by Gasteiger charge is -2.16. The average Bonchev–Trinajstić information content (AvgIpc) is 2.77. The molecule has 0 spiro atoms. The van der Waals surface area contributed by atoms with E-state index in [1.807, 2.05) is 36.4 Å². The molecule has 0 saturated carbocycles. The highest BCUT2D eigenvalue weighted by atomic mass is 79.9. The number of amides is 2. The fraction of sp³-hybridized carbons (Fsp3) is 0.125. The van der Waals surface area contributed by atoms with Crippen LogP contribution < -0.4 is 10.2 Å². The summed E-state index contributed by atoms with van der Waals surface area (Å²) in [5, 5.41) is 3.13. The third-order valence-electron chi connectivity index (χ3n) is 3.44. The Morgan fingerprint density at radius 3 is 2.36 bits per heavy atom. The molecular formula is C16H12Br2N2O2. The minimum Gasteiger partial charge on any atom is -0.372 e. The number of carbonyl (C=O) groups is 2. The van der Waals surface area contributed by atoms with Gasteiger partial charge >= 0.3 is 0 Å². The van der Waals surface area contributed by atoms with E-state index in [-0.39, 0.29) is 18.2 Å². The van der Waals surface area contributed by atoms with Crippen LogP contribution in [0.4, 0.5) is 11.4 Å². The van der Waals surface area contributed by atoms with Gasteiger partial charge in [0.1, 0.15) is 6.04 Å². The fourth-order valence-corrected chi connectivity index (χ4v) is 3.04. The van der Waals surface area contributed by atoms with Gasteiger partial charge < -0.3 is 5.32 Å². The lowest BCUT2D eigenvalue weighted by atomic mass is 10.2. The second-order valence-corrected chi connectivity index (χ2v) is 6.69. The summed E-state index contributed by atoms with van der Waals surface area (Å²) in [4.78, 5) is 26.0. The van der Waals surface area contributed by atoms with Crippen molar-refractivity contribution in [3.8, 4) is 0 Å². The minimum absolute atomic E-state index is 0.149. The molecule has 1 heterocycles. The molecule has 112 valence electrons. The SMILES string of the molecule is O=C1C[C@@H](Nc2ccccc2Br)C(=O)N1c1ccc(Br)cc1. The van der Waals surface area contributed by atoms with E-state index in [0.29, 0.717) is 5.69 Å². The topological polar surface area (TPSA) is 49.4 Å². The van der Waals surface area contributed by atoms with Gasteiger partial charge in [-0.1, -0.05) is 28.1 Å². The van der Waals surface area contributed by atoms with E-state index in [1.54, 1.807) is 12.1 Å². The van der Waals surface area contributed by atoms with Gasteiger partial charge in [0.05, 0.1) is 12.1 Å². The van der Waals surface area contributed by atoms with E-state index < -0.39 is 6.04 Å². The molecule has 3 rings (SSSR count). The lowest BCUT2D eigenvalue weighted by molar-refractivity contribution is -0.121. The highest BCUT2D eigenvalue weighted by molar-refractivity contribution is 9.10. The molecule has 0 aliphatic carbocycles. The molecule has 6 heteroatoms. The number of rotatable bonds is 3. The fourth-order valence-electron chi connectivity index (χ4n) is 2.37. The molecule has 0 unspecified atom stereocenters. The van der Waals surface area contributed by atoms with Crippen LogP contribution in [0.25, 0.3) is 0 Å². The zero-order valence-electron chi connectivity index (χ0n) is 11.4. The maximum Gasteiger partial charge on any atom is 0.256 e. The van der Waals surface area contributed by atoms with Gasteiger partial charge in [-0.2, -0.15) is 0 Å². The summed E-state index contributed by atoms with van der Waals surface area (Å²) in [5.74, 6) is -0.431. The summed E-state index contributed by atoms with van der Waals surface area (Å²) < 4.78 is 1.76. The molecule has 1 aliphatic heterocycles. The van der Waals surface area contributed by atoms with Gasteiger partial charge in [-0.15, -0.1) is 0 Å². The Bertz CT molecular complexity index is 731. The second-order valence-electron chi connectivity index (χ2n) is 4.92. The Morgan fingerprint density at radius 2 is 1.68 bits per heavy atom. The third kappa shape index (κ3) is 2.94. The molecule has 1 N–H and O–H groups in total. The molecule has 1 fully saturated rings. The molecule has 1 saturated heterocycles. The smallest absolute Gasteiger partial charge is 0.256 e. The van der Waals surface area contributed by atoms with Gasteiger partial charge in [-0.05, 0) is 52.3 Å². The molecule has 0 aromatic heterocycles. The summed E-state index contributed by atoms with van der Waals surface area (Å²) in [6.07, 6.45) is 0.149. The van der Waals surface area contributed by atoms with Crippen LogP contribution in [0.15, 0.2) is 57.5 Å². The zero-order valence-corrected chi connectivity index (χ0v) is 14.6. The van der Waals surface area contributed by atoms with Gasteiger partial charge in [0.25, 0.3) is 5.91 Å². The molecule has 4 nitrogen and oxygen atoms in total. The van der Waals surface area contributed by atoms with Gasteiger partial charge in [0.2, 0.25) is 5.91 Å². The van der Waals surface area contributed by atoms with Crippen molar-refractivity contribution in [3.05, 3.63) is 57.5 Å². The summed E-state index contributed by atoms with van der Waals surface area (Å²) in [6.45, 7) is 0. The molecule has 1 atom stereocenters. The van der Waals surface area contributed by atoms with Crippen LogP contribution in [0.5, 0.6) is 0 Å². The molecule has 2 aromatic rings. The van der Waals surface area contributed by atoms with Crippen molar-refractivity contribution in [1.29, 1.82) is 0 Å². The number of benzene rings is 2. The van der Waals surface area contributed by atoms with Gasteiger partial charge in [0, 0.05) is 14.6 Å². The molecule has 1 aliphatic rings. The van der Waals surface area contributed by atoms with Gasteiger partial charge in [-0.3, -0.25) is 9.59 Å². The number of halogens is 2. The molecule has 2 amide bonds. The number of carbonyl (C=O) groups excluding carboxylic acids is 2. The van der Waals surface area contributed by atoms with Crippen molar-refractivity contribution < 1.29 is 9.59 Å². The van der Waals surface area contributed by atoms with Crippen LogP contribution in [0.2, 0.25) is 0 Å². The molecule has 0 bridgehead atoms. The maximum atomic E-state index is 12.5. The van der Waals surface area contributed by atoms with Crippen molar-refractivity contribution in [3.63, 3.8) is 0 Å². The van der Waals surface area contributed by atoms with E-state index in [2.05, 4.69) is 37.2 Å². The highest BCUT2D eigenvalue weighted by Gasteiger charge is 2.39. The van der Waals surface area contributed by atoms with Gasteiger partial charge in [0.15, 0.2) is 0 Å². The first-order valence-corrected chi connectivity index (χ1v) is 8.28. The molecule has 22 heavy (non-hydrogen) atoms. The van der Waals surface area contributed by atoms with E-state index in [9.17, 15) is 9.59 Å². The van der Waals surface area contributed by atoms with E-state index in [0.717, 1.165) is 14.6 Å². The van der Waals surface area contributed by atoms with Crippen LogP contribution in [-0.4, -0.2) is 17.9 Å². The number of hydrogen-bond acceptors (Lipinski definition) is 3. The quantitative estimate of drug-likeness (QED) is 0.760. The number of anilines is 2. The van der Waals surface area contributed by atoms with E-state index in [4.69, 9.17) is 0 Å². The Morgan fingerprint density at radius 1 is 1.00 bits per heavy atom. The summed E-state index contributed by atoms with van der Waals surface area (Å²) in [6, 6.07) is 14.1. The first kappa shape index (κ1) is 15.2. The second kappa shape index (κ2) is 6.22. The zero-order chi connectivity index (χ0) is 15.7. The van der Waals surface area contributed by atoms with Crippen molar-refractivity contribution in [2.75, 3.05) is 10.2 Å². The predicted molar refractivity (Wildman–Crippen MR) is 92.8 cm³/mol.